The highest BCUT2D eigenvalue weighted by Gasteiger charge is 2.68. The van der Waals surface area contributed by atoms with Gasteiger partial charge in [-0.15, -0.1) is 0 Å². The van der Waals surface area contributed by atoms with Crippen molar-refractivity contribution in [2.24, 2.45) is 5.92 Å². The quantitative estimate of drug-likeness (QED) is 0.479. The average Bonchev–Trinajstić information content (AvgIpc) is 2.58. The molecule has 106 valence electrons. The zero-order valence-corrected chi connectivity index (χ0v) is 11.3. The lowest BCUT2D eigenvalue weighted by Gasteiger charge is -2.56. The number of rotatable bonds is 0. The van der Waals surface area contributed by atoms with Crippen molar-refractivity contribution in [1.82, 2.24) is 4.90 Å². The smallest absolute Gasteiger partial charge is 0.308 e. The molecule has 5 atom stereocenters. The minimum absolute atomic E-state index is 0.114. The van der Waals surface area contributed by atoms with Crippen LogP contribution in [0.2, 0.25) is 0 Å². The second kappa shape index (κ2) is 3.69. The average molecular weight is 269 g/mol. The molecule has 0 unspecified atom stereocenters. The first-order valence-electron chi connectivity index (χ1n) is 6.98. The van der Waals surface area contributed by atoms with Crippen LogP contribution in [0.1, 0.15) is 32.6 Å². The van der Waals surface area contributed by atoms with Crippen LogP contribution in [0.25, 0.3) is 0 Å². The van der Waals surface area contributed by atoms with Crippen LogP contribution >= 0.6 is 0 Å². The molecule has 0 amide bonds. The Bertz CT molecular complexity index is 425. The van der Waals surface area contributed by atoms with Gasteiger partial charge in [-0.25, -0.2) is 9.78 Å². The third-order valence-corrected chi connectivity index (χ3v) is 5.13. The minimum Gasteiger partial charge on any atom is -0.432 e. The third-order valence-electron chi connectivity index (χ3n) is 5.13. The van der Waals surface area contributed by atoms with Crippen LogP contribution in [0.4, 0.5) is 0 Å². The summed E-state index contributed by atoms with van der Waals surface area (Å²) < 4.78 is 11.4. The van der Waals surface area contributed by atoms with Gasteiger partial charge in [-0.2, -0.15) is 0 Å². The Morgan fingerprint density at radius 3 is 3.00 bits per heavy atom. The summed E-state index contributed by atoms with van der Waals surface area (Å²) in [6.45, 7) is 2.81. The highest BCUT2D eigenvalue weighted by atomic mass is 17.3. The molecule has 0 aromatic carbocycles. The monoisotopic (exact) mass is 269 g/mol. The highest BCUT2D eigenvalue weighted by Crippen LogP contribution is 2.53. The van der Waals surface area contributed by atoms with Gasteiger partial charge in [0.05, 0.1) is 6.42 Å². The lowest BCUT2D eigenvalue weighted by atomic mass is 9.71. The molecule has 2 bridgehead atoms. The Morgan fingerprint density at radius 2 is 2.16 bits per heavy atom. The van der Waals surface area contributed by atoms with Gasteiger partial charge in [-0.05, 0) is 33.4 Å². The molecule has 5 heterocycles. The first kappa shape index (κ1) is 12.1. The number of carbonyl (C=O) groups excluding carboxylic acids is 1. The lowest BCUT2D eigenvalue weighted by molar-refractivity contribution is -0.555. The number of ether oxygens (including phenoxy) is 2. The van der Waals surface area contributed by atoms with Crippen molar-refractivity contribution >= 4 is 5.97 Å². The van der Waals surface area contributed by atoms with E-state index in [0.717, 1.165) is 25.8 Å². The summed E-state index contributed by atoms with van der Waals surface area (Å²) in [4.78, 5) is 25.4. The molecular formula is C13H19NO5. The number of fused-ring (bicyclic) bond motifs is 2. The van der Waals surface area contributed by atoms with Crippen molar-refractivity contribution in [3.05, 3.63) is 0 Å². The van der Waals surface area contributed by atoms with Gasteiger partial charge in [0.15, 0.2) is 5.60 Å². The van der Waals surface area contributed by atoms with Crippen molar-refractivity contribution < 1.29 is 24.0 Å². The van der Waals surface area contributed by atoms with E-state index in [1.54, 1.807) is 0 Å². The maximum absolute atomic E-state index is 11.8. The van der Waals surface area contributed by atoms with Crippen molar-refractivity contribution in [3.63, 3.8) is 0 Å². The third kappa shape index (κ3) is 1.48. The van der Waals surface area contributed by atoms with E-state index >= 15 is 0 Å². The molecule has 5 saturated heterocycles. The zero-order chi connectivity index (χ0) is 13.3. The summed E-state index contributed by atoms with van der Waals surface area (Å²) in [7, 11) is 2.09. The van der Waals surface area contributed by atoms with E-state index in [0.29, 0.717) is 6.42 Å². The molecule has 0 saturated carbocycles. The molecule has 0 radical (unpaired) electrons. The second-order valence-electron chi connectivity index (χ2n) is 6.32. The fraction of sp³-hybridized carbons (Fsp3) is 0.923. The fourth-order valence-corrected chi connectivity index (χ4v) is 4.06. The Morgan fingerprint density at radius 1 is 1.32 bits per heavy atom. The standard InChI is InChI=1S/C13H19NO5/c1-12-5-3-9-13(19-18-12)8(4-6-14(9)2)7-10(15)16-11(13)17-12/h8-9,11H,3-7H2,1-2H3/t8-,9+,11+,12-,13-/m0/s1. The highest BCUT2D eigenvalue weighted by molar-refractivity contribution is 5.71. The predicted molar refractivity (Wildman–Crippen MR) is 62.6 cm³/mol. The summed E-state index contributed by atoms with van der Waals surface area (Å²) >= 11 is 0. The van der Waals surface area contributed by atoms with Crippen LogP contribution in [-0.4, -0.2) is 48.2 Å². The molecular weight excluding hydrogens is 250 g/mol. The molecule has 0 aromatic heterocycles. The SMILES string of the molecule is CN1CC[C@H]2CC(=O)O[C@@H]3O[C@]4(C)CC[C@@H]1[C@@]23OO4. The van der Waals surface area contributed by atoms with E-state index in [-0.39, 0.29) is 17.9 Å². The van der Waals surface area contributed by atoms with Crippen LogP contribution < -0.4 is 0 Å². The number of nitrogens with zero attached hydrogens (tertiary/aromatic N) is 1. The number of carbonyl (C=O) groups is 1. The van der Waals surface area contributed by atoms with E-state index in [2.05, 4.69) is 11.9 Å². The molecule has 0 N–H and O–H groups in total. The molecule has 6 nitrogen and oxygen atoms in total. The summed E-state index contributed by atoms with van der Waals surface area (Å²) in [5.41, 5.74) is -0.656. The predicted octanol–water partition coefficient (Wildman–Crippen LogP) is 0.807. The van der Waals surface area contributed by atoms with Crippen LogP contribution in [0.15, 0.2) is 0 Å². The Balaban J connectivity index is 1.82. The number of hydrogen-bond acceptors (Lipinski definition) is 6. The largest absolute Gasteiger partial charge is 0.432 e. The molecule has 5 aliphatic rings. The molecule has 5 fully saturated rings. The van der Waals surface area contributed by atoms with Gasteiger partial charge in [0.25, 0.3) is 0 Å². The van der Waals surface area contributed by atoms with Crippen LogP contribution in [0, 0.1) is 5.92 Å². The van der Waals surface area contributed by atoms with Crippen molar-refractivity contribution in [3.8, 4) is 0 Å². The van der Waals surface area contributed by atoms with E-state index in [4.69, 9.17) is 19.2 Å². The van der Waals surface area contributed by atoms with Crippen molar-refractivity contribution in [1.29, 1.82) is 0 Å². The fourth-order valence-electron chi connectivity index (χ4n) is 4.06. The topological polar surface area (TPSA) is 57.2 Å². The Hall–Kier alpha value is -0.690. The Kier molecular flexibility index (Phi) is 2.35. The van der Waals surface area contributed by atoms with Crippen LogP contribution in [0.3, 0.4) is 0 Å². The van der Waals surface area contributed by atoms with Gasteiger partial charge in [-0.3, -0.25) is 4.79 Å². The molecule has 6 heteroatoms. The van der Waals surface area contributed by atoms with Gasteiger partial charge in [0.2, 0.25) is 12.1 Å². The second-order valence-corrected chi connectivity index (χ2v) is 6.32. The minimum atomic E-state index is -0.809. The zero-order valence-electron chi connectivity index (χ0n) is 11.3. The van der Waals surface area contributed by atoms with Crippen molar-refractivity contribution in [2.75, 3.05) is 13.6 Å². The van der Waals surface area contributed by atoms with Gasteiger partial charge in [0.1, 0.15) is 0 Å². The van der Waals surface area contributed by atoms with E-state index in [1.165, 1.54) is 0 Å². The maximum atomic E-state index is 11.8. The Labute approximate surface area is 111 Å². The first-order chi connectivity index (χ1) is 9.03. The summed E-state index contributed by atoms with van der Waals surface area (Å²) in [5, 5.41) is 0. The molecule has 1 spiro atoms. The van der Waals surface area contributed by atoms with Crippen LogP contribution in [0.5, 0.6) is 0 Å². The molecule has 5 aliphatic heterocycles. The van der Waals surface area contributed by atoms with Crippen molar-refractivity contribution in [2.45, 2.75) is 56.3 Å². The van der Waals surface area contributed by atoms with Gasteiger partial charge < -0.3 is 14.4 Å². The summed E-state index contributed by atoms with van der Waals surface area (Å²) in [6.07, 6.45) is 2.32. The molecule has 0 aromatic rings. The molecule has 19 heavy (non-hydrogen) atoms. The number of hydrogen-bond donors (Lipinski definition) is 0. The first-order valence-corrected chi connectivity index (χ1v) is 6.98. The summed E-state index contributed by atoms with van der Waals surface area (Å²) in [6, 6.07) is 0.175. The summed E-state index contributed by atoms with van der Waals surface area (Å²) in [5.74, 6) is -0.887. The van der Waals surface area contributed by atoms with E-state index in [1.807, 2.05) is 6.92 Å². The van der Waals surface area contributed by atoms with Crippen LogP contribution in [-0.2, 0) is 24.0 Å². The van der Waals surface area contributed by atoms with E-state index < -0.39 is 17.7 Å². The molecule has 0 aliphatic carbocycles. The number of likely N-dealkylation sites (tertiary alicyclic amines) is 1. The molecule has 5 rings (SSSR count). The number of piperidine rings is 1. The maximum Gasteiger partial charge on any atom is 0.308 e. The van der Waals surface area contributed by atoms with Gasteiger partial charge in [-0.1, -0.05) is 0 Å². The lowest BCUT2D eigenvalue weighted by Crippen LogP contribution is -2.72. The van der Waals surface area contributed by atoms with Gasteiger partial charge in [0, 0.05) is 18.4 Å². The van der Waals surface area contributed by atoms with Gasteiger partial charge >= 0.3 is 5.97 Å². The number of likely N-dealkylation sites (N-methyl/N-ethyl adjacent to an activating group) is 1. The van der Waals surface area contributed by atoms with E-state index in [9.17, 15) is 4.79 Å². The number of esters is 1. The normalized spacial score (nSPS) is 53.4.